The van der Waals surface area contributed by atoms with Gasteiger partial charge >= 0.3 is 0 Å². The van der Waals surface area contributed by atoms with Gasteiger partial charge in [-0.15, -0.1) is 0 Å². The van der Waals surface area contributed by atoms with E-state index in [1.807, 2.05) is 0 Å². The molecule has 144 valence electrons. The van der Waals surface area contributed by atoms with Crippen molar-refractivity contribution < 1.29 is 14.4 Å². The number of nitrogens with one attached hydrogen (secondary N) is 1. The van der Waals surface area contributed by atoms with Crippen LogP contribution in [0.5, 0.6) is 0 Å². The molecule has 5 N–H and O–H groups in total. The van der Waals surface area contributed by atoms with Gasteiger partial charge in [0.25, 0.3) is 11.8 Å². The van der Waals surface area contributed by atoms with Crippen LogP contribution in [0.15, 0.2) is 12.3 Å². The standard InChI is InChI=1S/C15H20N8O3S/c1-8(4-5-24)23(17)10-7-18-12(13(16)25)14(19-10)20-11-6-9(21-27-11)15(26)22(2)3/h5-8H,4,17H2,1-3H3,(H2,16,25)(H,19,20)/t8-/m1/s1. The van der Waals surface area contributed by atoms with Crippen LogP contribution in [0.25, 0.3) is 0 Å². The van der Waals surface area contributed by atoms with Crippen LogP contribution in [0.2, 0.25) is 0 Å². The van der Waals surface area contributed by atoms with Crippen molar-refractivity contribution in [3.8, 4) is 0 Å². The number of nitrogens with zero attached hydrogens (tertiary/aromatic N) is 5. The van der Waals surface area contributed by atoms with Crippen LogP contribution in [-0.2, 0) is 4.79 Å². The molecule has 11 nitrogen and oxygen atoms in total. The van der Waals surface area contributed by atoms with Crippen molar-refractivity contribution in [3.63, 3.8) is 0 Å². The van der Waals surface area contributed by atoms with Crippen molar-refractivity contribution in [1.29, 1.82) is 0 Å². The lowest BCUT2D eigenvalue weighted by Gasteiger charge is -2.23. The van der Waals surface area contributed by atoms with E-state index in [-0.39, 0.29) is 41.4 Å². The molecule has 0 bridgehead atoms. The topological polar surface area (TPSA) is 160 Å². The van der Waals surface area contributed by atoms with Crippen molar-refractivity contribution in [2.24, 2.45) is 11.6 Å². The Bertz CT molecular complexity index is 853. The average molecular weight is 392 g/mol. The minimum absolute atomic E-state index is 0.0706. The molecule has 0 saturated heterocycles. The molecule has 2 aromatic heterocycles. The number of nitrogens with two attached hydrogens (primary N) is 2. The van der Waals surface area contributed by atoms with E-state index in [9.17, 15) is 14.4 Å². The van der Waals surface area contributed by atoms with Gasteiger partial charge in [-0.1, -0.05) is 0 Å². The summed E-state index contributed by atoms with van der Waals surface area (Å²) in [6.45, 7) is 1.74. The molecule has 2 amide bonds. The van der Waals surface area contributed by atoms with E-state index in [1.165, 1.54) is 22.2 Å². The fraction of sp³-hybridized carbons (Fsp3) is 0.333. The number of aldehydes is 1. The van der Waals surface area contributed by atoms with Crippen molar-refractivity contribution in [2.45, 2.75) is 19.4 Å². The van der Waals surface area contributed by atoms with Gasteiger partial charge in [0.05, 0.1) is 12.2 Å². The first-order valence-electron chi connectivity index (χ1n) is 7.84. The minimum atomic E-state index is -0.782. The van der Waals surface area contributed by atoms with Crippen molar-refractivity contribution >= 4 is 46.3 Å². The van der Waals surface area contributed by atoms with Crippen LogP contribution in [0.1, 0.15) is 34.3 Å². The van der Waals surface area contributed by atoms with E-state index < -0.39 is 5.91 Å². The Morgan fingerprint density at radius 2 is 2.11 bits per heavy atom. The van der Waals surface area contributed by atoms with Crippen LogP contribution < -0.4 is 21.9 Å². The smallest absolute Gasteiger partial charge is 0.273 e. The maximum atomic E-state index is 12.0. The predicted molar refractivity (Wildman–Crippen MR) is 101 cm³/mol. The normalized spacial score (nSPS) is 11.6. The Morgan fingerprint density at radius 3 is 2.70 bits per heavy atom. The molecule has 0 aromatic carbocycles. The van der Waals surface area contributed by atoms with Crippen LogP contribution in [-0.4, -0.2) is 57.5 Å². The number of primary amides is 1. The Hall–Kier alpha value is -3.12. The number of amides is 2. The summed E-state index contributed by atoms with van der Waals surface area (Å²) in [6.07, 6.45) is 2.24. The highest BCUT2D eigenvalue weighted by molar-refractivity contribution is 7.10. The third-order valence-electron chi connectivity index (χ3n) is 3.55. The number of carbonyl (C=O) groups is 3. The summed E-state index contributed by atoms with van der Waals surface area (Å²) in [5.41, 5.74) is 5.50. The predicted octanol–water partition coefficient (Wildman–Crippen LogP) is 0.135. The molecule has 2 heterocycles. The lowest BCUT2D eigenvalue weighted by molar-refractivity contribution is -0.108. The highest BCUT2D eigenvalue weighted by Crippen LogP contribution is 2.25. The maximum absolute atomic E-state index is 12.0. The quantitative estimate of drug-likeness (QED) is 0.322. The lowest BCUT2D eigenvalue weighted by Crippen LogP contribution is -2.40. The average Bonchev–Trinajstić information content (AvgIpc) is 3.08. The molecule has 0 aliphatic rings. The zero-order valence-electron chi connectivity index (χ0n) is 15.0. The molecule has 27 heavy (non-hydrogen) atoms. The van der Waals surface area contributed by atoms with E-state index >= 15 is 0 Å². The fourth-order valence-electron chi connectivity index (χ4n) is 2.03. The number of hydrogen-bond acceptors (Lipinski definition) is 10. The number of aromatic nitrogens is 3. The van der Waals surface area contributed by atoms with Crippen molar-refractivity contribution in [2.75, 3.05) is 24.4 Å². The summed E-state index contributed by atoms with van der Waals surface area (Å²) in [6, 6.07) is 1.21. The number of rotatable bonds is 8. The van der Waals surface area contributed by atoms with E-state index in [2.05, 4.69) is 19.7 Å². The summed E-state index contributed by atoms with van der Waals surface area (Å²) in [5.74, 6) is 5.23. The van der Waals surface area contributed by atoms with Gasteiger partial charge < -0.3 is 20.7 Å². The van der Waals surface area contributed by atoms with Gasteiger partial charge in [-0.3, -0.25) is 14.6 Å². The third-order valence-corrected chi connectivity index (χ3v) is 4.25. The molecular weight excluding hydrogens is 372 g/mol. The minimum Gasteiger partial charge on any atom is -0.364 e. The first-order chi connectivity index (χ1) is 12.7. The van der Waals surface area contributed by atoms with E-state index in [1.54, 1.807) is 21.0 Å². The molecular formula is C15H20N8O3S. The molecule has 2 rings (SSSR count). The summed E-state index contributed by atoms with van der Waals surface area (Å²) in [5, 5.41) is 4.63. The highest BCUT2D eigenvalue weighted by Gasteiger charge is 2.19. The molecule has 0 spiro atoms. The van der Waals surface area contributed by atoms with E-state index in [0.717, 1.165) is 17.8 Å². The number of hydrazine groups is 1. The molecule has 0 aliphatic carbocycles. The van der Waals surface area contributed by atoms with Crippen LogP contribution in [0, 0.1) is 0 Å². The fourth-order valence-corrected chi connectivity index (χ4v) is 2.67. The summed E-state index contributed by atoms with van der Waals surface area (Å²) >= 11 is 1.02. The first kappa shape index (κ1) is 20.2. The summed E-state index contributed by atoms with van der Waals surface area (Å²) in [4.78, 5) is 44.0. The van der Waals surface area contributed by atoms with Crippen LogP contribution >= 0.6 is 11.5 Å². The van der Waals surface area contributed by atoms with Gasteiger partial charge in [-0.25, -0.2) is 15.8 Å². The second-order valence-corrected chi connectivity index (χ2v) is 6.65. The Kier molecular flexibility index (Phi) is 6.36. The molecule has 0 aliphatic heterocycles. The SMILES string of the molecule is C[C@H](CC=O)N(N)c1cnc(C(N)=O)c(Nc2cc(C(=O)N(C)C)ns2)n1. The molecule has 2 aromatic rings. The molecule has 1 atom stereocenters. The largest absolute Gasteiger partial charge is 0.364 e. The van der Waals surface area contributed by atoms with Gasteiger partial charge in [0.15, 0.2) is 17.3 Å². The Morgan fingerprint density at radius 1 is 1.41 bits per heavy atom. The molecule has 0 fully saturated rings. The van der Waals surface area contributed by atoms with E-state index in [4.69, 9.17) is 11.6 Å². The van der Waals surface area contributed by atoms with Crippen LogP contribution in [0.4, 0.5) is 16.6 Å². The van der Waals surface area contributed by atoms with Gasteiger partial charge in [0.1, 0.15) is 17.0 Å². The maximum Gasteiger partial charge on any atom is 0.273 e. The Labute approximate surface area is 159 Å². The van der Waals surface area contributed by atoms with Crippen LogP contribution in [0.3, 0.4) is 0 Å². The van der Waals surface area contributed by atoms with Crippen molar-refractivity contribution in [3.05, 3.63) is 23.7 Å². The lowest BCUT2D eigenvalue weighted by atomic mass is 10.2. The third kappa shape index (κ3) is 4.74. The van der Waals surface area contributed by atoms with E-state index in [0.29, 0.717) is 5.00 Å². The first-order valence-corrected chi connectivity index (χ1v) is 8.61. The second-order valence-electron chi connectivity index (χ2n) is 5.85. The van der Waals surface area contributed by atoms with Gasteiger partial charge in [0.2, 0.25) is 0 Å². The highest BCUT2D eigenvalue weighted by atomic mass is 32.1. The molecule has 0 unspecified atom stereocenters. The monoisotopic (exact) mass is 392 g/mol. The molecule has 0 saturated carbocycles. The second kappa shape index (κ2) is 8.51. The van der Waals surface area contributed by atoms with Gasteiger partial charge in [0, 0.05) is 26.6 Å². The Balaban J connectivity index is 2.33. The number of hydrogen-bond donors (Lipinski definition) is 3. The summed E-state index contributed by atoms with van der Waals surface area (Å²) in [7, 11) is 3.23. The zero-order chi connectivity index (χ0) is 20.1. The number of anilines is 3. The number of carbonyl (C=O) groups excluding carboxylic acids is 3. The van der Waals surface area contributed by atoms with Gasteiger partial charge in [-0.2, -0.15) is 4.37 Å². The molecule has 0 radical (unpaired) electrons. The molecule has 12 heteroatoms. The zero-order valence-corrected chi connectivity index (χ0v) is 15.9. The van der Waals surface area contributed by atoms with Gasteiger partial charge in [-0.05, 0) is 18.5 Å². The van der Waals surface area contributed by atoms with Crippen molar-refractivity contribution in [1.82, 2.24) is 19.2 Å². The summed E-state index contributed by atoms with van der Waals surface area (Å²) < 4.78 is 4.07.